The highest BCUT2D eigenvalue weighted by Crippen LogP contribution is 2.51. The van der Waals surface area contributed by atoms with Gasteiger partial charge in [-0.15, -0.1) is 0 Å². The quantitative estimate of drug-likeness (QED) is 0.864. The van der Waals surface area contributed by atoms with E-state index in [1.54, 1.807) is 11.1 Å². The maximum atomic E-state index is 3.66. The molecular weight excluding hydrogens is 230 g/mol. The molecule has 1 N–H and O–H groups in total. The van der Waals surface area contributed by atoms with Gasteiger partial charge in [0, 0.05) is 6.04 Å². The number of benzene rings is 1. The predicted octanol–water partition coefficient (Wildman–Crippen LogP) is 3.74. The maximum absolute atomic E-state index is 3.66. The highest BCUT2D eigenvalue weighted by molar-refractivity contribution is 5.40. The van der Waals surface area contributed by atoms with Gasteiger partial charge in [-0.05, 0) is 74.0 Å². The smallest absolute Gasteiger partial charge is 0.0101 e. The van der Waals surface area contributed by atoms with Gasteiger partial charge in [-0.3, -0.25) is 0 Å². The Morgan fingerprint density at radius 2 is 2.11 bits per heavy atom. The molecule has 5 atom stereocenters. The average Bonchev–Trinajstić information content (AvgIpc) is 3.03. The molecule has 19 heavy (non-hydrogen) atoms. The van der Waals surface area contributed by atoms with E-state index in [9.17, 15) is 0 Å². The first-order chi connectivity index (χ1) is 9.35. The van der Waals surface area contributed by atoms with E-state index in [-0.39, 0.29) is 0 Å². The predicted molar refractivity (Wildman–Crippen MR) is 79.3 cm³/mol. The van der Waals surface area contributed by atoms with Gasteiger partial charge in [0.15, 0.2) is 0 Å². The average molecular weight is 255 g/mol. The highest BCUT2D eigenvalue weighted by Gasteiger charge is 2.43. The largest absolute Gasteiger partial charge is 0.317 e. The molecule has 0 amide bonds. The van der Waals surface area contributed by atoms with Gasteiger partial charge in [0.2, 0.25) is 0 Å². The lowest BCUT2D eigenvalue weighted by molar-refractivity contribution is 0.234. The van der Waals surface area contributed by atoms with E-state index in [0.29, 0.717) is 0 Å². The molecule has 2 fully saturated rings. The number of nitrogens with one attached hydrogen (secondary N) is 1. The van der Waals surface area contributed by atoms with Crippen LogP contribution in [0.5, 0.6) is 0 Å². The normalized spacial score (nSPS) is 36.9. The standard InChI is InChI=1S/C18H25N/c1-19-18(17-9-12-6-7-14(17)8-12)11-15-10-13-4-2-3-5-16(13)15/h2-5,12,14-15,17-19H,6-11H2,1H3. The molecule has 1 aromatic rings. The van der Waals surface area contributed by atoms with Gasteiger partial charge >= 0.3 is 0 Å². The van der Waals surface area contributed by atoms with Crippen molar-refractivity contribution in [3.8, 4) is 0 Å². The third-order valence-electron chi connectivity index (χ3n) is 6.18. The summed E-state index contributed by atoms with van der Waals surface area (Å²) in [5, 5.41) is 3.66. The summed E-state index contributed by atoms with van der Waals surface area (Å²) in [5.74, 6) is 3.90. The van der Waals surface area contributed by atoms with Crippen LogP contribution in [0.2, 0.25) is 0 Å². The van der Waals surface area contributed by atoms with Crippen LogP contribution in [-0.4, -0.2) is 13.1 Å². The van der Waals surface area contributed by atoms with E-state index in [0.717, 1.165) is 29.7 Å². The van der Waals surface area contributed by atoms with E-state index in [2.05, 4.69) is 36.6 Å². The van der Waals surface area contributed by atoms with E-state index in [1.807, 2.05) is 0 Å². The molecule has 0 heterocycles. The summed E-state index contributed by atoms with van der Waals surface area (Å²) in [6.07, 6.45) is 8.74. The lowest BCUT2D eigenvalue weighted by Gasteiger charge is -2.37. The molecule has 0 radical (unpaired) electrons. The van der Waals surface area contributed by atoms with Crippen molar-refractivity contribution in [2.45, 2.75) is 50.5 Å². The molecule has 1 heteroatoms. The third kappa shape index (κ3) is 1.94. The van der Waals surface area contributed by atoms with Crippen LogP contribution in [0.3, 0.4) is 0 Å². The van der Waals surface area contributed by atoms with Gasteiger partial charge in [-0.2, -0.15) is 0 Å². The zero-order valence-corrected chi connectivity index (χ0v) is 11.9. The van der Waals surface area contributed by atoms with Gasteiger partial charge in [0.1, 0.15) is 0 Å². The van der Waals surface area contributed by atoms with Crippen LogP contribution in [0.25, 0.3) is 0 Å². The molecule has 0 spiro atoms. The van der Waals surface area contributed by atoms with Crippen LogP contribution in [0.1, 0.15) is 49.1 Å². The van der Waals surface area contributed by atoms with Crippen LogP contribution < -0.4 is 5.32 Å². The second-order valence-corrected chi connectivity index (χ2v) is 7.07. The minimum absolute atomic E-state index is 0.758. The first-order valence-electron chi connectivity index (χ1n) is 8.10. The van der Waals surface area contributed by atoms with E-state index >= 15 is 0 Å². The highest BCUT2D eigenvalue weighted by atomic mass is 14.9. The summed E-state index contributed by atoms with van der Waals surface area (Å²) in [5.41, 5.74) is 3.22. The Morgan fingerprint density at radius 1 is 1.21 bits per heavy atom. The van der Waals surface area contributed by atoms with Crippen molar-refractivity contribution in [2.75, 3.05) is 7.05 Å². The first kappa shape index (κ1) is 12.0. The van der Waals surface area contributed by atoms with Crippen molar-refractivity contribution in [3.63, 3.8) is 0 Å². The van der Waals surface area contributed by atoms with Crippen LogP contribution >= 0.6 is 0 Å². The summed E-state index contributed by atoms with van der Waals surface area (Å²) in [6, 6.07) is 9.79. The Bertz CT molecular complexity index is 467. The van der Waals surface area contributed by atoms with Gasteiger partial charge in [-0.25, -0.2) is 0 Å². The summed E-state index contributed by atoms with van der Waals surface area (Å²) in [4.78, 5) is 0. The Hall–Kier alpha value is -0.820. The molecule has 0 aliphatic heterocycles. The van der Waals surface area contributed by atoms with Crippen LogP contribution in [0.15, 0.2) is 24.3 Å². The minimum Gasteiger partial charge on any atom is -0.317 e. The first-order valence-corrected chi connectivity index (χ1v) is 8.10. The number of hydrogen-bond acceptors (Lipinski definition) is 1. The minimum atomic E-state index is 0.758. The van der Waals surface area contributed by atoms with E-state index in [4.69, 9.17) is 0 Å². The molecule has 0 saturated heterocycles. The molecule has 102 valence electrons. The maximum Gasteiger partial charge on any atom is 0.0101 e. The molecule has 2 bridgehead atoms. The molecule has 3 aliphatic carbocycles. The number of rotatable bonds is 4. The molecule has 3 aliphatic rings. The van der Waals surface area contributed by atoms with Crippen molar-refractivity contribution >= 4 is 0 Å². The molecule has 1 nitrogen and oxygen atoms in total. The summed E-state index contributed by atoms with van der Waals surface area (Å²) in [6.45, 7) is 0. The van der Waals surface area contributed by atoms with E-state index in [1.165, 1.54) is 38.5 Å². The van der Waals surface area contributed by atoms with Gasteiger partial charge in [0.05, 0.1) is 0 Å². The Labute approximate surface area is 116 Å². The molecule has 5 unspecified atom stereocenters. The van der Waals surface area contributed by atoms with Crippen molar-refractivity contribution in [3.05, 3.63) is 35.4 Å². The van der Waals surface area contributed by atoms with Gasteiger partial charge < -0.3 is 5.32 Å². The Morgan fingerprint density at radius 3 is 2.79 bits per heavy atom. The number of fused-ring (bicyclic) bond motifs is 3. The fourth-order valence-corrected chi connectivity index (χ4v) is 5.17. The fraction of sp³-hybridized carbons (Fsp3) is 0.667. The van der Waals surface area contributed by atoms with Crippen LogP contribution in [0.4, 0.5) is 0 Å². The van der Waals surface area contributed by atoms with Gasteiger partial charge in [0.25, 0.3) is 0 Å². The van der Waals surface area contributed by atoms with Crippen molar-refractivity contribution in [1.82, 2.24) is 5.32 Å². The lowest BCUT2D eigenvalue weighted by Crippen LogP contribution is -2.39. The Kier molecular flexibility index (Phi) is 2.91. The number of hydrogen-bond donors (Lipinski definition) is 1. The fourth-order valence-electron chi connectivity index (χ4n) is 5.17. The van der Waals surface area contributed by atoms with E-state index < -0.39 is 0 Å². The monoisotopic (exact) mass is 255 g/mol. The third-order valence-corrected chi connectivity index (χ3v) is 6.18. The summed E-state index contributed by atoms with van der Waals surface area (Å²) >= 11 is 0. The topological polar surface area (TPSA) is 12.0 Å². The van der Waals surface area contributed by atoms with Crippen molar-refractivity contribution in [2.24, 2.45) is 17.8 Å². The molecule has 2 saturated carbocycles. The summed E-state index contributed by atoms with van der Waals surface area (Å²) in [7, 11) is 2.18. The zero-order chi connectivity index (χ0) is 12.8. The molecule has 4 rings (SSSR count). The Balaban J connectivity index is 1.44. The van der Waals surface area contributed by atoms with Crippen LogP contribution in [0, 0.1) is 17.8 Å². The second kappa shape index (κ2) is 4.63. The zero-order valence-electron chi connectivity index (χ0n) is 11.9. The van der Waals surface area contributed by atoms with Gasteiger partial charge in [-0.1, -0.05) is 30.7 Å². The molecule has 1 aromatic carbocycles. The molecular formula is C18H25N. The molecule has 0 aromatic heterocycles. The SMILES string of the molecule is CNC(CC1Cc2ccccc21)C1CC2CCC1C2. The lowest BCUT2D eigenvalue weighted by atomic mass is 9.71. The van der Waals surface area contributed by atoms with Crippen molar-refractivity contribution < 1.29 is 0 Å². The summed E-state index contributed by atoms with van der Waals surface area (Å²) < 4.78 is 0. The van der Waals surface area contributed by atoms with Crippen molar-refractivity contribution in [1.29, 1.82) is 0 Å². The van der Waals surface area contributed by atoms with Crippen LogP contribution in [-0.2, 0) is 6.42 Å². The second-order valence-electron chi connectivity index (χ2n) is 7.07.